The molecular formula is C26H24N4O3. The molecule has 0 saturated heterocycles. The molecule has 5 rings (SSSR count). The van der Waals surface area contributed by atoms with Gasteiger partial charge in [0.1, 0.15) is 0 Å². The number of ether oxygens (including phenoxy) is 2. The first-order valence-corrected chi connectivity index (χ1v) is 10.7. The molecule has 0 N–H and O–H groups in total. The largest absolute Gasteiger partial charge is 0.493 e. The Labute approximate surface area is 190 Å². The van der Waals surface area contributed by atoms with Crippen LogP contribution in [0.3, 0.4) is 0 Å². The van der Waals surface area contributed by atoms with Crippen LogP contribution in [0.2, 0.25) is 0 Å². The summed E-state index contributed by atoms with van der Waals surface area (Å²) in [5.41, 5.74) is 5.09. The standard InChI is InChI=1S/C26H24N4O3/c1-16-10-11-17(2)19(12-16)15-29-21-14-23(33-4)22(32-3)13-20(21)25-27-24(28-30(25)26(29)31)18-8-6-5-7-9-18/h5-14H,15H2,1-4H3. The molecular weight excluding hydrogens is 416 g/mol. The summed E-state index contributed by atoms with van der Waals surface area (Å²) in [6.45, 7) is 4.49. The van der Waals surface area contributed by atoms with Crippen LogP contribution in [-0.2, 0) is 6.54 Å². The summed E-state index contributed by atoms with van der Waals surface area (Å²) in [7, 11) is 3.17. The normalized spacial score (nSPS) is 11.3. The van der Waals surface area contributed by atoms with Crippen molar-refractivity contribution in [2.24, 2.45) is 0 Å². The van der Waals surface area contributed by atoms with Crippen LogP contribution in [0.1, 0.15) is 16.7 Å². The van der Waals surface area contributed by atoms with Crippen LogP contribution in [0.4, 0.5) is 0 Å². The van der Waals surface area contributed by atoms with Crippen molar-refractivity contribution >= 4 is 16.6 Å². The van der Waals surface area contributed by atoms with Gasteiger partial charge in [0.2, 0.25) is 0 Å². The summed E-state index contributed by atoms with van der Waals surface area (Å²) < 4.78 is 14.2. The number of hydrogen-bond acceptors (Lipinski definition) is 5. The van der Waals surface area contributed by atoms with E-state index in [2.05, 4.69) is 23.3 Å². The van der Waals surface area contributed by atoms with Gasteiger partial charge in [-0.1, -0.05) is 54.1 Å². The number of rotatable bonds is 5. The number of hydrogen-bond donors (Lipinski definition) is 0. The second-order valence-electron chi connectivity index (χ2n) is 8.06. The van der Waals surface area contributed by atoms with Crippen LogP contribution in [0.5, 0.6) is 11.5 Å². The van der Waals surface area contributed by atoms with Crippen LogP contribution < -0.4 is 15.2 Å². The van der Waals surface area contributed by atoms with E-state index in [1.54, 1.807) is 18.8 Å². The van der Waals surface area contributed by atoms with Crippen LogP contribution >= 0.6 is 0 Å². The third-order valence-electron chi connectivity index (χ3n) is 5.92. The summed E-state index contributed by atoms with van der Waals surface area (Å²) in [6, 6.07) is 19.6. The molecule has 0 unspecified atom stereocenters. The first kappa shape index (κ1) is 20.8. The van der Waals surface area contributed by atoms with Gasteiger partial charge in [-0.2, -0.15) is 4.52 Å². The average Bonchev–Trinajstić information content (AvgIpc) is 3.29. The molecule has 0 aliphatic heterocycles. The van der Waals surface area contributed by atoms with E-state index >= 15 is 0 Å². The van der Waals surface area contributed by atoms with Gasteiger partial charge >= 0.3 is 5.69 Å². The second-order valence-corrected chi connectivity index (χ2v) is 8.06. The van der Waals surface area contributed by atoms with Crippen molar-refractivity contribution in [3.05, 3.63) is 87.8 Å². The van der Waals surface area contributed by atoms with Crippen molar-refractivity contribution in [1.29, 1.82) is 0 Å². The van der Waals surface area contributed by atoms with Crippen molar-refractivity contribution in [2.45, 2.75) is 20.4 Å². The number of nitrogens with zero attached hydrogens (tertiary/aromatic N) is 4. The van der Waals surface area contributed by atoms with E-state index < -0.39 is 0 Å². The van der Waals surface area contributed by atoms with Gasteiger partial charge in [0, 0.05) is 17.0 Å². The van der Waals surface area contributed by atoms with E-state index in [-0.39, 0.29) is 5.69 Å². The molecule has 0 fully saturated rings. The zero-order valence-electron chi connectivity index (χ0n) is 19.0. The molecule has 33 heavy (non-hydrogen) atoms. The Kier molecular flexibility index (Phi) is 5.09. The molecule has 7 heteroatoms. The molecule has 0 bridgehead atoms. The quantitative estimate of drug-likeness (QED) is 0.405. The maximum Gasteiger partial charge on any atom is 0.351 e. The number of fused-ring (bicyclic) bond motifs is 3. The van der Waals surface area contributed by atoms with Crippen molar-refractivity contribution in [2.75, 3.05) is 14.2 Å². The third kappa shape index (κ3) is 3.51. The Morgan fingerprint density at radius 2 is 1.64 bits per heavy atom. The minimum Gasteiger partial charge on any atom is -0.493 e. The minimum absolute atomic E-state index is 0.264. The van der Waals surface area contributed by atoms with Crippen LogP contribution in [0.25, 0.3) is 27.9 Å². The lowest BCUT2D eigenvalue weighted by Crippen LogP contribution is -2.28. The summed E-state index contributed by atoms with van der Waals surface area (Å²) in [5, 5.41) is 5.33. The molecule has 0 amide bonds. The highest BCUT2D eigenvalue weighted by atomic mass is 16.5. The van der Waals surface area contributed by atoms with Gasteiger partial charge in [0.15, 0.2) is 23.0 Å². The number of methoxy groups -OCH3 is 2. The second kappa shape index (κ2) is 8.09. The number of aryl methyl sites for hydroxylation is 2. The smallest absolute Gasteiger partial charge is 0.351 e. The van der Waals surface area contributed by atoms with Crippen molar-refractivity contribution < 1.29 is 9.47 Å². The summed E-state index contributed by atoms with van der Waals surface area (Å²) in [4.78, 5) is 18.4. The van der Waals surface area contributed by atoms with Crippen LogP contribution in [0, 0.1) is 13.8 Å². The predicted molar refractivity (Wildman–Crippen MR) is 128 cm³/mol. The van der Waals surface area contributed by atoms with Gasteiger partial charge in [-0.25, -0.2) is 9.78 Å². The molecule has 0 radical (unpaired) electrons. The molecule has 0 saturated carbocycles. The maximum absolute atomic E-state index is 13.7. The first-order chi connectivity index (χ1) is 16.0. The average molecular weight is 441 g/mol. The molecule has 0 aliphatic carbocycles. The fourth-order valence-electron chi connectivity index (χ4n) is 4.11. The molecule has 5 aromatic rings. The van der Waals surface area contributed by atoms with E-state index in [4.69, 9.17) is 14.5 Å². The van der Waals surface area contributed by atoms with E-state index in [1.807, 2.05) is 56.3 Å². The van der Waals surface area contributed by atoms with Crippen LogP contribution in [0.15, 0.2) is 65.5 Å². The Morgan fingerprint density at radius 1 is 0.909 bits per heavy atom. The topological polar surface area (TPSA) is 70.7 Å². The van der Waals surface area contributed by atoms with E-state index in [0.717, 1.165) is 27.6 Å². The molecule has 0 atom stereocenters. The van der Waals surface area contributed by atoms with Gasteiger partial charge in [-0.15, -0.1) is 5.10 Å². The Balaban J connectivity index is 1.85. The van der Waals surface area contributed by atoms with Gasteiger partial charge < -0.3 is 9.47 Å². The van der Waals surface area contributed by atoms with Gasteiger partial charge in [0.25, 0.3) is 0 Å². The highest BCUT2D eigenvalue weighted by Crippen LogP contribution is 2.34. The molecule has 2 aromatic heterocycles. The monoisotopic (exact) mass is 440 g/mol. The molecule has 166 valence electrons. The lowest BCUT2D eigenvalue weighted by Gasteiger charge is -2.15. The van der Waals surface area contributed by atoms with Gasteiger partial charge in [0.05, 0.1) is 26.3 Å². The van der Waals surface area contributed by atoms with E-state index in [1.165, 1.54) is 4.52 Å². The Bertz CT molecular complexity index is 1550. The molecule has 0 spiro atoms. The number of benzene rings is 3. The van der Waals surface area contributed by atoms with Crippen molar-refractivity contribution in [1.82, 2.24) is 19.2 Å². The molecule has 3 aromatic carbocycles. The fraction of sp³-hybridized carbons (Fsp3) is 0.192. The summed E-state index contributed by atoms with van der Waals surface area (Å²) in [6.07, 6.45) is 0. The molecule has 2 heterocycles. The zero-order valence-corrected chi connectivity index (χ0v) is 19.0. The lowest BCUT2D eigenvalue weighted by molar-refractivity contribution is 0.355. The number of aromatic nitrogens is 4. The SMILES string of the molecule is COc1cc2c(cc1OC)n(Cc1cc(C)ccc1C)c(=O)n1nc(-c3ccccc3)nc21. The minimum atomic E-state index is -0.264. The zero-order chi connectivity index (χ0) is 23.1. The lowest BCUT2D eigenvalue weighted by atomic mass is 10.1. The molecule has 0 aliphatic rings. The Hall–Kier alpha value is -4.13. The van der Waals surface area contributed by atoms with E-state index in [9.17, 15) is 4.79 Å². The van der Waals surface area contributed by atoms with Gasteiger partial charge in [-0.3, -0.25) is 4.57 Å². The highest BCUT2D eigenvalue weighted by molar-refractivity contribution is 5.94. The summed E-state index contributed by atoms with van der Waals surface area (Å²) >= 11 is 0. The highest BCUT2D eigenvalue weighted by Gasteiger charge is 2.19. The Morgan fingerprint density at radius 3 is 2.36 bits per heavy atom. The first-order valence-electron chi connectivity index (χ1n) is 10.7. The van der Waals surface area contributed by atoms with Crippen molar-refractivity contribution in [3.8, 4) is 22.9 Å². The maximum atomic E-state index is 13.7. The van der Waals surface area contributed by atoms with Crippen molar-refractivity contribution in [3.63, 3.8) is 0 Å². The molecule has 7 nitrogen and oxygen atoms in total. The van der Waals surface area contributed by atoms with E-state index in [0.29, 0.717) is 35.0 Å². The predicted octanol–water partition coefficient (Wildman–Crippen LogP) is 4.39. The summed E-state index contributed by atoms with van der Waals surface area (Å²) in [5.74, 6) is 1.60. The van der Waals surface area contributed by atoms with Gasteiger partial charge in [-0.05, 0) is 31.0 Å². The fourth-order valence-corrected chi connectivity index (χ4v) is 4.11. The van der Waals surface area contributed by atoms with Crippen LogP contribution in [-0.4, -0.2) is 33.4 Å². The third-order valence-corrected chi connectivity index (χ3v) is 5.92.